The van der Waals surface area contributed by atoms with E-state index in [1.165, 1.54) is 0 Å². The van der Waals surface area contributed by atoms with Gasteiger partial charge in [0.25, 0.3) is 5.91 Å². The fraction of sp³-hybridized carbons (Fsp3) is 0.583. The average Bonchev–Trinajstić information content (AvgIpc) is 3.30. The largest absolute Gasteiger partial charge is 0.454 e. The third kappa shape index (κ3) is 7.39. The Morgan fingerprint density at radius 1 is 1.13 bits per heavy atom. The molecule has 6 nitrogen and oxygen atoms in total. The highest BCUT2D eigenvalue weighted by Gasteiger charge is 2.17. The maximum atomic E-state index is 12.6. The standard InChI is InChI=1S/C24H37N3O3/c1-6-13-27(23(28)15-19(4)5)16-20-8-7-14-26(20)17-21-9-10-22(30-21)24(29)25-12-11-18(2)3/h7-10,14,18-19H,6,11-13,15-17H2,1-5H3,(H,25,29). The van der Waals surface area contributed by atoms with Crippen LogP contribution in [0.1, 0.15) is 75.9 Å². The summed E-state index contributed by atoms with van der Waals surface area (Å²) in [6.07, 6.45) is 4.42. The van der Waals surface area contributed by atoms with Crippen LogP contribution in [0.15, 0.2) is 34.9 Å². The zero-order chi connectivity index (χ0) is 22.1. The molecule has 2 rings (SSSR count). The number of amides is 2. The molecule has 0 aromatic carbocycles. The number of nitrogens with zero attached hydrogens (tertiary/aromatic N) is 2. The topological polar surface area (TPSA) is 67.5 Å². The van der Waals surface area contributed by atoms with Gasteiger partial charge in [0.1, 0.15) is 5.76 Å². The number of hydrogen-bond acceptors (Lipinski definition) is 3. The molecule has 0 radical (unpaired) electrons. The van der Waals surface area contributed by atoms with Crippen molar-refractivity contribution in [3.8, 4) is 0 Å². The summed E-state index contributed by atoms with van der Waals surface area (Å²) >= 11 is 0. The molecule has 2 aromatic rings. The molecule has 0 fully saturated rings. The highest BCUT2D eigenvalue weighted by Crippen LogP contribution is 2.15. The number of furan rings is 1. The summed E-state index contributed by atoms with van der Waals surface area (Å²) in [6, 6.07) is 7.58. The van der Waals surface area contributed by atoms with E-state index >= 15 is 0 Å². The maximum Gasteiger partial charge on any atom is 0.286 e. The third-order valence-electron chi connectivity index (χ3n) is 4.92. The lowest BCUT2D eigenvalue weighted by Gasteiger charge is -2.24. The second-order valence-electron chi connectivity index (χ2n) is 8.75. The number of hydrogen-bond donors (Lipinski definition) is 1. The Kier molecular flexibility index (Phi) is 9.21. The molecule has 166 valence electrons. The van der Waals surface area contributed by atoms with E-state index in [0.717, 1.165) is 30.8 Å². The van der Waals surface area contributed by atoms with Crippen molar-refractivity contribution >= 4 is 11.8 Å². The number of aromatic nitrogens is 1. The second kappa shape index (κ2) is 11.6. The second-order valence-corrected chi connectivity index (χ2v) is 8.75. The lowest BCUT2D eigenvalue weighted by Crippen LogP contribution is -2.32. The van der Waals surface area contributed by atoms with Gasteiger partial charge in [0.05, 0.1) is 13.1 Å². The molecule has 6 heteroatoms. The number of carbonyl (C=O) groups is 2. The van der Waals surface area contributed by atoms with Crippen LogP contribution in [0.2, 0.25) is 0 Å². The molecule has 0 unspecified atom stereocenters. The van der Waals surface area contributed by atoms with Crippen molar-refractivity contribution in [2.24, 2.45) is 11.8 Å². The first-order chi connectivity index (χ1) is 14.3. The number of carbonyl (C=O) groups excluding carboxylic acids is 2. The van der Waals surface area contributed by atoms with Crippen LogP contribution in [0.25, 0.3) is 0 Å². The molecule has 0 saturated heterocycles. The molecule has 0 spiro atoms. The number of nitrogens with one attached hydrogen (secondary N) is 1. The Morgan fingerprint density at radius 3 is 2.57 bits per heavy atom. The maximum absolute atomic E-state index is 12.6. The molecule has 1 N–H and O–H groups in total. The molecular formula is C24H37N3O3. The average molecular weight is 416 g/mol. The highest BCUT2D eigenvalue weighted by molar-refractivity contribution is 5.91. The summed E-state index contributed by atoms with van der Waals surface area (Å²) in [7, 11) is 0. The molecule has 0 aliphatic rings. The molecule has 0 saturated carbocycles. The van der Waals surface area contributed by atoms with Gasteiger partial charge in [-0.3, -0.25) is 9.59 Å². The van der Waals surface area contributed by atoms with Crippen LogP contribution in [-0.2, 0) is 17.9 Å². The van der Waals surface area contributed by atoms with E-state index < -0.39 is 0 Å². The fourth-order valence-electron chi connectivity index (χ4n) is 3.30. The predicted molar refractivity (Wildman–Crippen MR) is 119 cm³/mol. The molecule has 2 heterocycles. The van der Waals surface area contributed by atoms with Crippen molar-refractivity contribution < 1.29 is 14.0 Å². The zero-order valence-electron chi connectivity index (χ0n) is 19.1. The summed E-state index contributed by atoms with van der Waals surface area (Å²) in [6.45, 7) is 13.0. The summed E-state index contributed by atoms with van der Waals surface area (Å²) in [5, 5.41) is 2.90. The number of rotatable bonds is 12. The van der Waals surface area contributed by atoms with Crippen LogP contribution in [0.3, 0.4) is 0 Å². The van der Waals surface area contributed by atoms with Crippen LogP contribution in [0.4, 0.5) is 0 Å². The predicted octanol–water partition coefficient (Wildman–Crippen LogP) is 4.69. The summed E-state index contributed by atoms with van der Waals surface area (Å²) in [5.74, 6) is 1.96. The van der Waals surface area contributed by atoms with E-state index in [4.69, 9.17) is 4.42 Å². The van der Waals surface area contributed by atoms with E-state index in [-0.39, 0.29) is 11.8 Å². The van der Waals surface area contributed by atoms with Gasteiger partial charge in [-0.1, -0.05) is 34.6 Å². The van der Waals surface area contributed by atoms with E-state index in [0.29, 0.717) is 43.7 Å². The Hall–Kier alpha value is -2.50. The highest BCUT2D eigenvalue weighted by atomic mass is 16.4. The first-order valence-electron chi connectivity index (χ1n) is 11.1. The van der Waals surface area contributed by atoms with Crippen LogP contribution >= 0.6 is 0 Å². The van der Waals surface area contributed by atoms with Gasteiger partial charge in [-0.05, 0) is 48.9 Å². The lowest BCUT2D eigenvalue weighted by atomic mass is 10.1. The first-order valence-corrected chi connectivity index (χ1v) is 11.1. The van der Waals surface area contributed by atoms with Gasteiger partial charge in [0.2, 0.25) is 5.91 Å². The normalized spacial score (nSPS) is 11.3. The van der Waals surface area contributed by atoms with Crippen LogP contribution in [0, 0.1) is 11.8 Å². The minimum atomic E-state index is -0.178. The van der Waals surface area contributed by atoms with Gasteiger partial charge < -0.3 is 19.2 Å². The molecule has 0 aliphatic heterocycles. The molecule has 0 atom stereocenters. The van der Waals surface area contributed by atoms with Gasteiger partial charge in [0.15, 0.2) is 5.76 Å². The minimum absolute atomic E-state index is 0.178. The quantitative estimate of drug-likeness (QED) is 0.547. The van der Waals surface area contributed by atoms with Crippen molar-refractivity contribution in [2.45, 2.75) is 67.0 Å². The summed E-state index contributed by atoms with van der Waals surface area (Å²) in [4.78, 5) is 26.8. The Bertz CT molecular complexity index is 804. The SMILES string of the molecule is CCCN(Cc1cccn1Cc1ccc(C(=O)NCCC(C)C)o1)C(=O)CC(C)C. The molecule has 0 bridgehead atoms. The van der Waals surface area contributed by atoms with E-state index in [9.17, 15) is 9.59 Å². The van der Waals surface area contributed by atoms with E-state index in [2.05, 4.69) is 44.5 Å². The molecular weight excluding hydrogens is 378 g/mol. The monoisotopic (exact) mass is 415 g/mol. The first kappa shape index (κ1) is 23.8. The lowest BCUT2D eigenvalue weighted by molar-refractivity contribution is -0.132. The van der Waals surface area contributed by atoms with Crippen molar-refractivity contribution in [3.63, 3.8) is 0 Å². The zero-order valence-corrected chi connectivity index (χ0v) is 19.1. The van der Waals surface area contributed by atoms with Crippen molar-refractivity contribution in [3.05, 3.63) is 47.7 Å². The van der Waals surface area contributed by atoms with Crippen molar-refractivity contribution in [1.82, 2.24) is 14.8 Å². The fourth-order valence-corrected chi connectivity index (χ4v) is 3.30. The smallest absolute Gasteiger partial charge is 0.286 e. The Morgan fingerprint density at radius 2 is 1.90 bits per heavy atom. The van der Waals surface area contributed by atoms with Gasteiger partial charge in [0, 0.05) is 31.4 Å². The Balaban J connectivity index is 2.01. The van der Waals surface area contributed by atoms with Gasteiger partial charge in [-0.15, -0.1) is 0 Å². The molecule has 2 aromatic heterocycles. The van der Waals surface area contributed by atoms with Gasteiger partial charge in [-0.2, -0.15) is 0 Å². The third-order valence-corrected chi connectivity index (χ3v) is 4.92. The van der Waals surface area contributed by atoms with Crippen molar-refractivity contribution in [1.29, 1.82) is 0 Å². The van der Waals surface area contributed by atoms with Crippen LogP contribution < -0.4 is 5.32 Å². The minimum Gasteiger partial charge on any atom is -0.454 e. The van der Waals surface area contributed by atoms with Gasteiger partial charge >= 0.3 is 0 Å². The summed E-state index contributed by atoms with van der Waals surface area (Å²) in [5.41, 5.74) is 1.06. The van der Waals surface area contributed by atoms with Gasteiger partial charge in [-0.25, -0.2) is 0 Å². The van der Waals surface area contributed by atoms with Crippen molar-refractivity contribution in [2.75, 3.05) is 13.1 Å². The Labute approximate surface area is 180 Å². The van der Waals surface area contributed by atoms with Crippen LogP contribution in [-0.4, -0.2) is 34.4 Å². The molecule has 30 heavy (non-hydrogen) atoms. The van der Waals surface area contributed by atoms with E-state index in [1.54, 1.807) is 6.07 Å². The molecule has 0 aliphatic carbocycles. The van der Waals surface area contributed by atoms with Crippen LogP contribution in [0.5, 0.6) is 0 Å². The molecule has 2 amide bonds. The summed E-state index contributed by atoms with van der Waals surface area (Å²) < 4.78 is 7.84. The van der Waals surface area contributed by atoms with E-state index in [1.807, 2.05) is 29.3 Å².